The second kappa shape index (κ2) is 5.46. The number of fused-ring (bicyclic) bond motifs is 2. The van der Waals surface area contributed by atoms with Crippen LogP contribution in [-0.4, -0.2) is 23.0 Å². The van der Waals surface area contributed by atoms with Gasteiger partial charge < -0.3 is 0 Å². The number of thioether (sulfide) groups is 1. The summed E-state index contributed by atoms with van der Waals surface area (Å²) in [6, 6.07) is 16.3. The first-order chi connectivity index (χ1) is 12.0. The van der Waals surface area contributed by atoms with Gasteiger partial charge in [0.05, 0.1) is 10.9 Å². The number of anilines is 2. The van der Waals surface area contributed by atoms with Crippen LogP contribution in [0.15, 0.2) is 54.6 Å². The highest BCUT2D eigenvalue weighted by Crippen LogP contribution is 2.57. The third kappa shape index (κ3) is 2.00. The molecule has 25 heavy (non-hydrogen) atoms. The van der Waals surface area contributed by atoms with E-state index in [1.54, 1.807) is 24.0 Å². The monoisotopic (exact) mass is 352 g/mol. The third-order valence-electron chi connectivity index (χ3n) is 4.56. The molecule has 0 unspecified atom stereocenters. The summed E-state index contributed by atoms with van der Waals surface area (Å²) in [7, 11) is 0. The maximum absolute atomic E-state index is 13.4. The van der Waals surface area contributed by atoms with Crippen molar-refractivity contribution in [3.63, 3.8) is 0 Å². The Morgan fingerprint density at radius 3 is 2.36 bits per heavy atom. The average Bonchev–Trinajstić information content (AvgIpc) is 3.01. The van der Waals surface area contributed by atoms with Crippen LogP contribution in [0.2, 0.25) is 0 Å². The second-order valence-corrected chi connectivity index (χ2v) is 7.62. The van der Waals surface area contributed by atoms with E-state index in [0.717, 1.165) is 0 Å². The van der Waals surface area contributed by atoms with Crippen molar-refractivity contribution in [3.8, 4) is 0 Å². The largest absolute Gasteiger partial charge is 0.283 e. The summed E-state index contributed by atoms with van der Waals surface area (Å²) in [5, 5.41) is -0.385. The van der Waals surface area contributed by atoms with E-state index >= 15 is 0 Å². The molecule has 0 N–H and O–H groups in total. The SMILES string of the molecule is CC(=O)N1C(=O)[C@@]2(S[C@@H](C)C(=O)N2c2ccccc2)c2ccccc21. The summed E-state index contributed by atoms with van der Waals surface area (Å²) in [4.78, 5) is 40.0. The molecule has 2 aliphatic rings. The highest BCUT2D eigenvalue weighted by atomic mass is 32.2. The topological polar surface area (TPSA) is 57.7 Å². The fraction of sp³-hybridized carbons (Fsp3) is 0.211. The third-order valence-corrected chi connectivity index (χ3v) is 6.04. The Labute approximate surface area is 149 Å². The minimum Gasteiger partial charge on any atom is -0.283 e. The van der Waals surface area contributed by atoms with Gasteiger partial charge in [-0.2, -0.15) is 0 Å². The number of nitrogens with zero attached hydrogens (tertiary/aromatic N) is 2. The van der Waals surface area contributed by atoms with E-state index < -0.39 is 4.87 Å². The summed E-state index contributed by atoms with van der Waals surface area (Å²) < 4.78 is 0. The molecule has 2 aromatic carbocycles. The molecule has 0 saturated carbocycles. The van der Waals surface area contributed by atoms with Crippen LogP contribution in [0.3, 0.4) is 0 Å². The van der Waals surface area contributed by atoms with Crippen molar-refractivity contribution in [1.82, 2.24) is 0 Å². The Balaban J connectivity index is 2.00. The molecule has 5 nitrogen and oxygen atoms in total. The molecular formula is C19H16N2O3S. The summed E-state index contributed by atoms with van der Waals surface area (Å²) >= 11 is 1.29. The number of carbonyl (C=O) groups excluding carboxylic acids is 3. The molecule has 0 bridgehead atoms. The van der Waals surface area contributed by atoms with Crippen LogP contribution in [0.1, 0.15) is 19.4 Å². The molecule has 2 aromatic rings. The van der Waals surface area contributed by atoms with Gasteiger partial charge in [0.15, 0.2) is 0 Å². The molecule has 0 radical (unpaired) electrons. The molecule has 1 saturated heterocycles. The Morgan fingerprint density at radius 1 is 1.04 bits per heavy atom. The molecule has 1 fully saturated rings. The van der Waals surface area contributed by atoms with Gasteiger partial charge in [-0.1, -0.05) is 36.4 Å². The Kier molecular flexibility index (Phi) is 3.47. The molecule has 1 spiro atoms. The van der Waals surface area contributed by atoms with Gasteiger partial charge in [-0.15, -0.1) is 11.8 Å². The molecule has 2 aliphatic heterocycles. The Morgan fingerprint density at radius 2 is 1.68 bits per heavy atom. The predicted octanol–water partition coefficient (Wildman–Crippen LogP) is 2.90. The van der Waals surface area contributed by atoms with E-state index in [9.17, 15) is 14.4 Å². The number of hydrogen-bond donors (Lipinski definition) is 0. The number of rotatable bonds is 1. The van der Waals surface area contributed by atoms with Gasteiger partial charge in [0, 0.05) is 18.2 Å². The first-order valence-electron chi connectivity index (χ1n) is 8.00. The highest BCUT2D eigenvalue weighted by molar-refractivity contribution is 8.03. The Bertz CT molecular complexity index is 899. The highest BCUT2D eigenvalue weighted by Gasteiger charge is 2.63. The maximum atomic E-state index is 13.4. The van der Waals surface area contributed by atoms with Gasteiger partial charge in [0.1, 0.15) is 0 Å². The maximum Gasteiger partial charge on any atom is 0.275 e. The molecule has 4 rings (SSSR count). The average molecular weight is 352 g/mol. The molecular weight excluding hydrogens is 336 g/mol. The molecule has 0 aliphatic carbocycles. The summed E-state index contributed by atoms with van der Waals surface area (Å²) in [6.45, 7) is 3.16. The summed E-state index contributed by atoms with van der Waals surface area (Å²) in [5.41, 5.74) is 1.88. The zero-order valence-electron chi connectivity index (χ0n) is 13.8. The van der Waals surface area contributed by atoms with E-state index in [1.807, 2.05) is 42.5 Å². The lowest BCUT2D eigenvalue weighted by molar-refractivity contribution is -0.128. The number of carbonyl (C=O) groups is 3. The number of benzene rings is 2. The zero-order chi connectivity index (χ0) is 17.8. The van der Waals surface area contributed by atoms with E-state index in [0.29, 0.717) is 16.9 Å². The van der Waals surface area contributed by atoms with Crippen molar-refractivity contribution < 1.29 is 14.4 Å². The van der Waals surface area contributed by atoms with Crippen LogP contribution in [0.25, 0.3) is 0 Å². The second-order valence-electron chi connectivity index (χ2n) is 6.09. The molecule has 3 amide bonds. The lowest BCUT2D eigenvalue weighted by Crippen LogP contribution is -2.50. The molecule has 0 aromatic heterocycles. The Hall–Kier alpha value is -2.60. The molecule has 6 heteroatoms. The predicted molar refractivity (Wildman–Crippen MR) is 97.3 cm³/mol. The van der Waals surface area contributed by atoms with E-state index in [4.69, 9.17) is 0 Å². The van der Waals surface area contributed by atoms with Crippen LogP contribution < -0.4 is 9.80 Å². The number of hydrogen-bond acceptors (Lipinski definition) is 4. The summed E-state index contributed by atoms with van der Waals surface area (Å²) in [6.07, 6.45) is 0. The van der Waals surface area contributed by atoms with Crippen molar-refractivity contribution in [1.29, 1.82) is 0 Å². The van der Waals surface area contributed by atoms with Crippen LogP contribution in [0.5, 0.6) is 0 Å². The van der Waals surface area contributed by atoms with Crippen molar-refractivity contribution in [2.75, 3.05) is 9.80 Å². The first-order valence-corrected chi connectivity index (χ1v) is 8.88. The minimum absolute atomic E-state index is 0.134. The standard InChI is InChI=1S/C19H16N2O3S/c1-12-17(23)21(14-8-4-3-5-9-14)19(25-12)15-10-6-7-11-16(15)20(13(2)22)18(19)24/h3-12H,1-2H3/t12-,19-/m0/s1. The van der Waals surface area contributed by atoms with Gasteiger partial charge in [0.25, 0.3) is 5.91 Å². The smallest absolute Gasteiger partial charge is 0.275 e. The lowest BCUT2D eigenvalue weighted by Gasteiger charge is -2.32. The van der Waals surface area contributed by atoms with Gasteiger partial charge in [-0.05, 0) is 25.1 Å². The van der Waals surface area contributed by atoms with Crippen LogP contribution in [0.4, 0.5) is 11.4 Å². The minimum atomic E-state index is -1.24. The van der Waals surface area contributed by atoms with Crippen molar-refractivity contribution in [2.24, 2.45) is 0 Å². The molecule has 2 atom stereocenters. The summed E-state index contributed by atoms with van der Waals surface area (Å²) in [5.74, 6) is -0.868. The van der Waals surface area contributed by atoms with Crippen LogP contribution in [-0.2, 0) is 19.3 Å². The number of para-hydroxylation sites is 2. The molecule has 2 heterocycles. The quantitative estimate of drug-likeness (QED) is 0.792. The van der Waals surface area contributed by atoms with Crippen LogP contribution >= 0.6 is 11.8 Å². The zero-order valence-corrected chi connectivity index (χ0v) is 14.6. The van der Waals surface area contributed by atoms with Gasteiger partial charge in [-0.25, -0.2) is 4.90 Å². The normalized spacial score (nSPS) is 25.0. The number of imide groups is 1. The van der Waals surface area contributed by atoms with Crippen molar-refractivity contribution in [2.45, 2.75) is 24.0 Å². The fourth-order valence-electron chi connectivity index (χ4n) is 3.56. The van der Waals surface area contributed by atoms with E-state index in [-0.39, 0.29) is 23.0 Å². The van der Waals surface area contributed by atoms with Crippen molar-refractivity contribution >= 4 is 40.9 Å². The van der Waals surface area contributed by atoms with Crippen LogP contribution in [0, 0.1) is 0 Å². The first kappa shape index (κ1) is 15.9. The van der Waals surface area contributed by atoms with E-state index in [1.165, 1.54) is 23.6 Å². The molecule has 126 valence electrons. The van der Waals surface area contributed by atoms with Gasteiger partial charge in [-0.3, -0.25) is 19.3 Å². The van der Waals surface area contributed by atoms with Gasteiger partial charge >= 0.3 is 0 Å². The fourth-order valence-corrected chi connectivity index (χ4v) is 5.07. The lowest BCUT2D eigenvalue weighted by atomic mass is 10.0. The van der Waals surface area contributed by atoms with Gasteiger partial charge in [0.2, 0.25) is 16.7 Å². The van der Waals surface area contributed by atoms with Crippen molar-refractivity contribution in [3.05, 3.63) is 60.2 Å². The van der Waals surface area contributed by atoms with E-state index in [2.05, 4.69) is 0 Å². The number of amides is 3.